The van der Waals surface area contributed by atoms with Gasteiger partial charge in [0.25, 0.3) is 5.91 Å². The average Bonchev–Trinajstić information content (AvgIpc) is 3.20. The van der Waals surface area contributed by atoms with Gasteiger partial charge in [0.15, 0.2) is 0 Å². The molecule has 0 spiro atoms. The molecule has 2 aromatic carbocycles. The summed E-state index contributed by atoms with van der Waals surface area (Å²) in [5.74, 6) is -1.66. The minimum absolute atomic E-state index is 0.0347. The van der Waals surface area contributed by atoms with Gasteiger partial charge in [0.05, 0.1) is 39.3 Å². The summed E-state index contributed by atoms with van der Waals surface area (Å²) in [6.07, 6.45) is -4.69. The van der Waals surface area contributed by atoms with Gasteiger partial charge in [-0.25, -0.2) is 4.39 Å². The van der Waals surface area contributed by atoms with Crippen molar-refractivity contribution >= 4 is 27.5 Å². The Bertz CT molecular complexity index is 1500. The van der Waals surface area contributed by atoms with Crippen molar-refractivity contribution in [2.45, 2.75) is 19.6 Å². The van der Waals surface area contributed by atoms with Gasteiger partial charge >= 0.3 is 11.0 Å². The van der Waals surface area contributed by atoms with Crippen molar-refractivity contribution in [2.75, 3.05) is 6.61 Å². The van der Waals surface area contributed by atoms with E-state index in [4.69, 9.17) is 5.73 Å². The molecule has 0 aliphatic carbocycles. The Morgan fingerprint density at radius 2 is 1.85 bits per heavy atom. The van der Waals surface area contributed by atoms with Crippen molar-refractivity contribution in [1.82, 2.24) is 9.13 Å². The molecule has 0 radical (unpaired) electrons. The molecule has 4 aromatic rings. The quantitative estimate of drug-likeness (QED) is 0.407. The molecule has 11 heteroatoms. The van der Waals surface area contributed by atoms with Crippen molar-refractivity contribution in [1.29, 1.82) is 0 Å². The van der Waals surface area contributed by atoms with E-state index in [0.29, 0.717) is 4.70 Å². The van der Waals surface area contributed by atoms with Gasteiger partial charge < -0.3 is 15.4 Å². The largest absolute Gasteiger partial charge is 0.417 e. The van der Waals surface area contributed by atoms with Gasteiger partial charge in [-0.1, -0.05) is 29.5 Å². The lowest BCUT2D eigenvalue weighted by atomic mass is 9.99. The maximum Gasteiger partial charge on any atom is 0.417 e. The van der Waals surface area contributed by atoms with E-state index in [9.17, 15) is 27.9 Å². The molecule has 0 atom stereocenters. The van der Waals surface area contributed by atoms with Gasteiger partial charge in [-0.15, -0.1) is 0 Å². The molecular weight excluding hydrogens is 474 g/mol. The molecule has 1 amide bonds. The molecule has 0 unspecified atom stereocenters. The predicted molar refractivity (Wildman–Crippen MR) is 121 cm³/mol. The van der Waals surface area contributed by atoms with Crippen molar-refractivity contribution in [3.63, 3.8) is 0 Å². The molecule has 6 nitrogen and oxygen atoms in total. The Hall–Kier alpha value is -3.44. The van der Waals surface area contributed by atoms with E-state index in [-0.39, 0.29) is 45.7 Å². The van der Waals surface area contributed by atoms with Gasteiger partial charge in [0.1, 0.15) is 5.82 Å². The van der Waals surface area contributed by atoms with Crippen LogP contribution < -0.4 is 10.6 Å². The Morgan fingerprint density at radius 1 is 1.18 bits per heavy atom. The first-order valence-corrected chi connectivity index (χ1v) is 10.9. The van der Waals surface area contributed by atoms with Gasteiger partial charge in [-0.3, -0.25) is 14.2 Å². The molecule has 0 saturated carbocycles. The summed E-state index contributed by atoms with van der Waals surface area (Å²) in [7, 11) is 1.42. The number of benzene rings is 2. The van der Waals surface area contributed by atoms with E-state index < -0.39 is 34.9 Å². The fourth-order valence-electron chi connectivity index (χ4n) is 4.32. The molecule has 2 aromatic heterocycles. The number of aliphatic hydroxyl groups is 1. The van der Waals surface area contributed by atoms with Crippen LogP contribution in [0.4, 0.5) is 17.6 Å². The van der Waals surface area contributed by atoms with Crippen LogP contribution in [-0.4, -0.2) is 26.8 Å². The first-order valence-electron chi connectivity index (χ1n) is 10.1. The molecule has 0 saturated heterocycles. The number of alkyl halides is 3. The number of thiazole rings is 1. The highest BCUT2D eigenvalue weighted by Crippen LogP contribution is 2.43. The Kier molecular flexibility index (Phi) is 5.86. The van der Waals surface area contributed by atoms with Crippen LogP contribution in [0.15, 0.2) is 41.2 Å². The molecular formula is C23H19F4N3O3S. The number of carbonyl (C=O) groups is 1. The third kappa shape index (κ3) is 3.70. The Labute approximate surface area is 194 Å². The zero-order valence-electron chi connectivity index (χ0n) is 18.0. The van der Waals surface area contributed by atoms with Crippen molar-refractivity contribution in [2.24, 2.45) is 12.8 Å². The zero-order chi connectivity index (χ0) is 24.9. The predicted octanol–water partition coefficient (Wildman–Crippen LogP) is 4.29. The summed E-state index contributed by atoms with van der Waals surface area (Å²) >= 11 is 0.792. The van der Waals surface area contributed by atoms with Crippen LogP contribution in [0.5, 0.6) is 0 Å². The summed E-state index contributed by atoms with van der Waals surface area (Å²) in [6, 6.07) is 7.44. The molecule has 0 aliphatic rings. The molecule has 0 aliphatic heterocycles. The monoisotopic (exact) mass is 493 g/mol. The van der Waals surface area contributed by atoms with Crippen LogP contribution in [-0.2, 0) is 19.8 Å². The topological polar surface area (TPSA) is 90.3 Å². The van der Waals surface area contributed by atoms with E-state index in [1.807, 2.05) is 0 Å². The number of aliphatic hydroxyl groups excluding tert-OH is 1. The smallest absolute Gasteiger partial charge is 0.395 e. The zero-order valence-corrected chi connectivity index (χ0v) is 18.9. The van der Waals surface area contributed by atoms with E-state index in [0.717, 1.165) is 28.0 Å². The standard InChI is InChI=1S/C23H19F4N3O3S/c1-11-17(21(28)32)19(12-9-15(24)20-16(10-12)34-22(33)29(20)2)30(7-8-31)18(11)13-5-3-4-6-14(13)23(25,26)27/h3-6,9-10,31H,7-8H2,1-2H3,(H2,28,32). The van der Waals surface area contributed by atoms with E-state index in [1.165, 1.54) is 42.8 Å². The number of hydrogen-bond acceptors (Lipinski definition) is 4. The molecule has 4 rings (SSSR count). The van der Waals surface area contributed by atoms with Crippen LogP contribution in [0.3, 0.4) is 0 Å². The van der Waals surface area contributed by atoms with Gasteiger partial charge in [0, 0.05) is 24.7 Å². The highest BCUT2D eigenvalue weighted by Gasteiger charge is 2.36. The summed E-state index contributed by atoms with van der Waals surface area (Å²) < 4.78 is 59.2. The summed E-state index contributed by atoms with van der Waals surface area (Å²) in [5, 5.41) is 9.72. The fourth-order valence-corrected chi connectivity index (χ4v) is 5.26. The number of hydrogen-bond donors (Lipinski definition) is 2. The number of nitrogens with two attached hydrogens (primary N) is 1. The van der Waals surface area contributed by atoms with Gasteiger partial charge in [-0.2, -0.15) is 13.2 Å². The molecule has 2 heterocycles. The third-order valence-electron chi connectivity index (χ3n) is 5.67. The van der Waals surface area contributed by atoms with Crippen LogP contribution >= 0.6 is 11.3 Å². The minimum atomic E-state index is -4.69. The fraction of sp³-hybridized carbons (Fsp3) is 0.217. The van der Waals surface area contributed by atoms with Crippen LogP contribution in [0.25, 0.3) is 32.7 Å². The third-order valence-corrected chi connectivity index (χ3v) is 6.65. The number of nitrogens with zero attached hydrogens (tertiary/aromatic N) is 2. The van der Waals surface area contributed by atoms with E-state index in [2.05, 4.69) is 0 Å². The SMILES string of the molecule is Cc1c(C(N)=O)c(-c2cc(F)c3c(c2)sc(=O)n3C)n(CCO)c1-c1ccccc1C(F)(F)F. The summed E-state index contributed by atoms with van der Waals surface area (Å²) in [5.41, 5.74) is 4.87. The first kappa shape index (κ1) is 23.7. The Morgan fingerprint density at radius 3 is 2.47 bits per heavy atom. The number of primary amides is 1. The second kappa shape index (κ2) is 8.41. The number of fused-ring (bicyclic) bond motifs is 1. The molecule has 34 heavy (non-hydrogen) atoms. The number of aromatic nitrogens is 2. The summed E-state index contributed by atoms with van der Waals surface area (Å²) in [6.45, 7) is 0.801. The Balaban J connectivity index is 2.13. The number of rotatable bonds is 5. The van der Waals surface area contributed by atoms with Crippen LogP contribution in [0.2, 0.25) is 0 Å². The number of carbonyl (C=O) groups excluding carboxylic acids is 1. The first-order chi connectivity index (χ1) is 16.0. The average molecular weight is 493 g/mol. The second-order valence-electron chi connectivity index (χ2n) is 7.71. The van der Waals surface area contributed by atoms with Crippen molar-refractivity contribution < 1.29 is 27.5 Å². The van der Waals surface area contributed by atoms with E-state index >= 15 is 4.39 Å². The van der Waals surface area contributed by atoms with Crippen molar-refractivity contribution in [3.05, 3.63) is 68.6 Å². The molecule has 3 N–H and O–H groups in total. The lowest BCUT2D eigenvalue weighted by Gasteiger charge is -2.17. The van der Waals surface area contributed by atoms with Gasteiger partial charge in [-0.05, 0) is 30.7 Å². The lowest BCUT2D eigenvalue weighted by molar-refractivity contribution is -0.137. The number of halogens is 4. The number of aryl methyl sites for hydroxylation is 1. The molecule has 0 fully saturated rings. The maximum absolute atomic E-state index is 15.0. The lowest BCUT2D eigenvalue weighted by Crippen LogP contribution is -2.14. The summed E-state index contributed by atoms with van der Waals surface area (Å²) in [4.78, 5) is 24.1. The highest BCUT2D eigenvalue weighted by molar-refractivity contribution is 7.16. The van der Waals surface area contributed by atoms with Crippen molar-refractivity contribution in [3.8, 4) is 22.5 Å². The molecule has 178 valence electrons. The second-order valence-corrected chi connectivity index (χ2v) is 8.71. The highest BCUT2D eigenvalue weighted by atomic mass is 32.1. The van der Waals surface area contributed by atoms with Crippen LogP contribution in [0, 0.1) is 12.7 Å². The molecule has 0 bridgehead atoms. The number of amides is 1. The minimum Gasteiger partial charge on any atom is -0.395 e. The normalized spacial score (nSPS) is 12.0. The van der Waals surface area contributed by atoms with Crippen LogP contribution in [0.1, 0.15) is 21.5 Å². The van der Waals surface area contributed by atoms with E-state index in [1.54, 1.807) is 0 Å². The van der Waals surface area contributed by atoms with Gasteiger partial charge in [0.2, 0.25) is 0 Å². The maximum atomic E-state index is 15.0.